The van der Waals surface area contributed by atoms with Crippen LogP contribution in [0, 0.1) is 0 Å². The summed E-state index contributed by atoms with van der Waals surface area (Å²) in [5.41, 5.74) is 2.44. The van der Waals surface area contributed by atoms with Crippen LogP contribution in [0.25, 0.3) is 0 Å². The number of halogens is 3. The molecule has 0 unspecified atom stereocenters. The number of hydrogen-bond acceptors (Lipinski definition) is 8. The molecule has 0 spiro atoms. The van der Waals surface area contributed by atoms with Gasteiger partial charge in [0.1, 0.15) is 22.8 Å². The first-order valence-electron chi connectivity index (χ1n) is 9.57. The number of esters is 1. The molecule has 2 heterocycles. The molecule has 10 nitrogen and oxygen atoms in total. The third-order valence-electron chi connectivity index (χ3n) is 4.80. The molecule has 178 valence electrons. The lowest BCUT2D eigenvalue weighted by atomic mass is 10.2. The number of hydrogen-bond donors (Lipinski definition) is 2. The van der Waals surface area contributed by atoms with Crippen LogP contribution in [0.15, 0.2) is 52.2 Å². The van der Waals surface area contributed by atoms with E-state index in [9.17, 15) is 32.3 Å². The van der Waals surface area contributed by atoms with Crippen molar-refractivity contribution in [2.24, 2.45) is 14.1 Å². The fourth-order valence-corrected chi connectivity index (χ4v) is 2.98. The Morgan fingerprint density at radius 3 is 2.50 bits per heavy atom. The number of nitrogen functional groups attached to an aromatic ring is 1. The topological polar surface area (TPSA) is 138 Å². The second kappa shape index (κ2) is 9.21. The number of pyridine rings is 1. The highest BCUT2D eigenvalue weighted by atomic mass is 19.4. The number of Topliss-reactive ketones (excluding diaryl/α,β-unsaturated/α-hetero) is 1. The molecule has 3 N–H and O–H groups in total. The molecular formula is C21H18F3N5O5. The van der Waals surface area contributed by atoms with E-state index < -0.39 is 46.9 Å². The number of nitrogens with two attached hydrogens (primary N) is 1. The summed E-state index contributed by atoms with van der Waals surface area (Å²) < 4.78 is 45.4. The van der Waals surface area contributed by atoms with Gasteiger partial charge in [-0.15, -0.1) is 0 Å². The number of ketones is 1. The van der Waals surface area contributed by atoms with E-state index in [2.05, 4.69) is 10.3 Å². The van der Waals surface area contributed by atoms with Gasteiger partial charge >= 0.3 is 17.8 Å². The van der Waals surface area contributed by atoms with Gasteiger partial charge in [0, 0.05) is 26.0 Å². The zero-order valence-electron chi connectivity index (χ0n) is 17.8. The summed E-state index contributed by atoms with van der Waals surface area (Å²) >= 11 is 0. The number of anilines is 3. The van der Waals surface area contributed by atoms with Crippen LogP contribution < -0.4 is 22.3 Å². The molecule has 0 amide bonds. The molecule has 0 fully saturated rings. The molecule has 1 aromatic carbocycles. The van der Waals surface area contributed by atoms with Gasteiger partial charge in [0.2, 0.25) is 5.78 Å². The molecule has 34 heavy (non-hydrogen) atoms. The summed E-state index contributed by atoms with van der Waals surface area (Å²) in [6.07, 6.45) is -3.27. The van der Waals surface area contributed by atoms with Crippen LogP contribution in [0.3, 0.4) is 0 Å². The molecule has 0 atom stereocenters. The van der Waals surface area contributed by atoms with E-state index in [4.69, 9.17) is 10.5 Å². The van der Waals surface area contributed by atoms with Gasteiger partial charge in [-0.25, -0.2) is 14.6 Å². The molecule has 13 heteroatoms. The predicted molar refractivity (Wildman–Crippen MR) is 115 cm³/mol. The Hall–Kier alpha value is -4.42. The van der Waals surface area contributed by atoms with Crippen molar-refractivity contribution in [1.29, 1.82) is 0 Å². The Morgan fingerprint density at radius 1 is 1.12 bits per heavy atom. The molecule has 0 aliphatic heterocycles. The van der Waals surface area contributed by atoms with Crippen LogP contribution in [0.5, 0.6) is 0 Å². The average molecular weight is 477 g/mol. The second-order valence-corrected chi connectivity index (χ2v) is 7.07. The summed E-state index contributed by atoms with van der Waals surface area (Å²) in [5, 5.41) is 2.62. The number of carbonyl (C=O) groups excluding carboxylic acids is 2. The second-order valence-electron chi connectivity index (χ2n) is 7.07. The van der Waals surface area contributed by atoms with Gasteiger partial charge in [0.15, 0.2) is 6.61 Å². The van der Waals surface area contributed by atoms with Crippen molar-refractivity contribution in [3.05, 3.63) is 80.1 Å². The molecule has 3 rings (SSSR count). The summed E-state index contributed by atoms with van der Waals surface area (Å²) in [6, 6.07) is 6.93. The number of benzene rings is 1. The van der Waals surface area contributed by atoms with Crippen LogP contribution in [0.4, 0.5) is 30.5 Å². The van der Waals surface area contributed by atoms with Crippen LogP contribution in [-0.4, -0.2) is 32.5 Å². The van der Waals surface area contributed by atoms with Crippen molar-refractivity contribution in [2.45, 2.75) is 6.18 Å². The van der Waals surface area contributed by atoms with Crippen molar-refractivity contribution in [3.8, 4) is 0 Å². The lowest BCUT2D eigenvalue weighted by molar-refractivity contribution is -0.137. The van der Waals surface area contributed by atoms with Gasteiger partial charge in [-0.3, -0.25) is 18.7 Å². The van der Waals surface area contributed by atoms with E-state index in [1.54, 1.807) is 0 Å². The van der Waals surface area contributed by atoms with Crippen molar-refractivity contribution in [3.63, 3.8) is 0 Å². The molecule has 0 radical (unpaired) electrons. The zero-order chi connectivity index (χ0) is 25.2. The first kappa shape index (κ1) is 24.2. The minimum atomic E-state index is -4.57. The van der Waals surface area contributed by atoms with Gasteiger partial charge in [-0.2, -0.15) is 13.2 Å². The Bertz CT molecular complexity index is 1390. The normalized spacial score (nSPS) is 11.2. The number of ether oxygens (including phenoxy) is 1. The van der Waals surface area contributed by atoms with Gasteiger partial charge in [-0.05, 0) is 30.3 Å². The maximum Gasteiger partial charge on any atom is 0.416 e. The van der Waals surface area contributed by atoms with Gasteiger partial charge in [-0.1, -0.05) is 6.07 Å². The highest BCUT2D eigenvalue weighted by molar-refractivity contribution is 6.03. The van der Waals surface area contributed by atoms with Gasteiger partial charge < -0.3 is 15.8 Å². The maximum atomic E-state index is 13.0. The molecule has 0 saturated heterocycles. The minimum Gasteiger partial charge on any atom is -0.454 e. The molecular weight excluding hydrogens is 459 g/mol. The third-order valence-corrected chi connectivity index (χ3v) is 4.80. The third kappa shape index (κ3) is 4.82. The largest absolute Gasteiger partial charge is 0.454 e. The molecule has 0 aliphatic rings. The SMILES string of the molecule is Cn1c(N)c(C(=O)COC(=O)c2cccnc2Nc2cccc(C(F)(F)F)c2)c(=O)n(C)c1=O. The Kier molecular flexibility index (Phi) is 6.56. The van der Waals surface area contributed by atoms with E-state index in [1.165, 1.54) is 37.5 Å². The van der Waals surface area contributed by atoms with Crippen LogP contribution in [-0.2, 0) is 25.0 Å². The van der Waals surface area contributed by atoms with Crippen molar-refractivity contribution < 1.29 is 27.5 Å². The highest BCUT2D eigenvalue weighted by Gasteiger charge is 2.30. The first-order valence-corrected chi connectivity index (χ1v) is 9.57. The van der Waals surface area contributed by atoms with Gasteiger partial charge in [0.05, 0.1) is 5.56 Å². The fourth-order valence-electron chi connectivity index (χ4n) is 2.98. The Morgan fingerprint density at radius 2 is 1.82 bits per heavy atom. The van der Waals surface area contributed by atoms with E-state index in [-0.39, 0.29) is 22.9 Å². The summed E-state index contributed by atoms with van der Waals surface area (Å²) in [6.45, 7) is -0.881. The number of nitrogens with one attached hydrogen (secondary N) is 1. The van der Waals surface area contributed by atoms with E-state index in [0.717, 1.165) is 23.7 Å². The molecule has 0 aliphatic carbocycles. The lowest BCUT2D eigenvalue weighted by Gasteiger charge is -2.13. The van der Waals surface area contributed by atoms with E-state index in [0.29, 0.717) is 4.57 Å². The average Bonchev–Trinajstić information content (AvgIpc) is 2.80. The monoisotopic (exact) mass is 477 g/mol. The maximum absolute atomic E-state index is 13.0. The summed E-state index contributed by atoms with van der Waals surface area (Å²) in [4.78, 5) is 53.2. The van der Waals surface area contributed by atoms with Gasteiger partial charge in [0.25, 0.3) is 5.56 Å². The number of alkyl halides is 3. The number of aromatic nitrogens is 3. The van der Waals surface area contributed by atoms with E-state index >= 15 is 0 Å². The molecule has 2 aromatic heterocycles. The number of nitrogens with zero attached hydrogens (tertiary/aromatic N) is 3. The van der Waals surface area contributed by atoms with Crippen molar-refractivity contribution in [1.82, 2.24) is 14.1 Å². The predicted octanol–water partition coefficient (Wildman–Crippen LogP) is 1.86. The smallest absolute Gasteiger partial charge is 0.416 e. The first-order chi connectivity index (χ1) is 15.9. The van der Waals surface area contributed by atoms with Crippen LogP contribution in [0.2, 0.25) is 0 Å². The Balaban J connectivity index is 1.81. The minimum absolute atomic E-state index is 0.0140. The van der Waals surface area contributed by atoms with Crippen LogP contribution >= 0.6 is 0 Å². The standard InChI is InChI=1S/C21H18F3N5O5/c1-28-16(25)15(18(31)29(2)20(28)33)14(30)10-34-19(32)13-7-4-8-26-17(13)27-12-6-3-5-11(9-12)21(22,23)24/h3-9H,10,25H2,1-2H3,(H,26,27). The highest BCUT2D eigenvalue weighted by Crippen LogP contribution is 2.31. The van der Waals surface area contributed by atoms with E-state index in [1.807, 2.05) is 0 Å². The quantitative estimate of drug-likeness (QED) is 0.405. The summed E-state index contributed by atoms with van der Waals surface area (Å²) in [7, 11) is 2.43. The lowest BCUT2D eigenvalue weighted by Crippen LogP contribution is -2.42. The van der Waals surface area contributed by atoms with Crippen molar-refractivity contribution in [2.75, 3.05) is 17.7 Å². The molecule has 0 saturated carbocycles. The summed E-state index contributed by atoms with van der Waals surface area (Å²) in [5.74, 6) is -2.48. The molecule has 3 aromatic rings. The number of carbonyl (C=O) groups is 2. The van der Waals surface area contributed by atoms with Crippen molar-refractivity contribution >= 4 is 29.1 Å². The zero-order valence-corrected chi connectivity index (χ0v) is 17.8. The van der Waals surface area contributed by atoms with Crippen LogP contribution in [0.1, 0.15) is 26.3 Å². The number of rotatable bonds is 6. The Labute approximate surface area is 189 Å². The molecule has 0 bridgehead atoms. The fraction of sp³-hybridized carbons (Fsp3) is 0.190.